The largest absolute Gasteiger partial charge is 0.437 e. The number of aromatic nitrogens is 3. The van der Waals surface area contributed by atoms with E-state index in [9.17, 15) is 9.18 Å². The normalized spacial score (nSPS) is 16.2. The lowest BCUT2D eigenvalue weighted by atomic mass is 10.1. The van der Waals surface area contributed by atoms with Crippen LogP contribution in [0.1, 0.15) is 41.6 Å². The Balaban J connectivity index is 1.51. The summed E-state index contributed by atoms with van der Waals surface area (Å²) in [6.45, 7) is 4.31. The Morgan fingerprint density at radius 2 is 2.07 bits per heavy atom. The lowest BCUT2D eigenvalue weighted by Crippen LogP contribution is -2.32. The molecule has 8 heteroatoms. The summed E-state index contributed by atoms with van der Waals surface area (Å²) in [7, 11) is 0. The molecule has 1 aliphatic rings. The van der Waals surface area contributed by atoms with Crippen molar-refractivity contribution >= 4 is 5.91 Å². The SMILES string of the molecule is Cc1noc(C)c1CC(=O)N1CCC[C@H]1c1cncc(Oc2ccc(F)cc2)n1. The number of aryl methyl sites for hydroxylation is 2. The summed E-state index contributed by atoms with van der Waals surface area (Å²) in [5.74, 6) is 1.11. The van der Waals surface area contributed by atoms with E-state index in [1.54, 1.807) is 6.20 Å². The molecule has 1 saturated heterocycles. The van der Waals surface area contributed by atoms with Crippen LogP contribution in [0, 0.1) is 19.7 Å². The van der Waals surface area contributed by atoms with Crippen molar-refractivity contribution in [1.29, 1.82) is 0 Å². The second kappa shape index (κ2) is 7.98. The highest BCUT2D eigenvalue weighted by Crippen LogP contribution is 2.32. The van der Waals surface area contributed by atoms with E-state index in [1.807, 2.05) is 18.7 Å². The van der Waals surface area contributed by atoms with Crippen LogP contribution in [0.25, 0.3) is 0 Å². The number of hydrogen-bond acceptors (Lipinski definition) is 6. The topological polar surface area (TPSA) is 81.4 Å². The lowest BCUT2D eigenvalue weighted by molar-refractivity contribution is -0.131. The van der Waals surface area contributed by atoms with Gasteiger partial charge in [-0.25, -0.2) is 9.37 Å². The molecule has 3 aromatic rings. The smallest absolute Gasteiger partial charge is 0.238 e. The molecule has 0 radical (unpaired) electrons. The second-order valence-corrected chi connectivity index (χ2v) is 7.06. The van der Waals surface area contributed by atoms with Crippen molar-refractivity contribution < 1.29 is 18.4 Å². The minimum Gasteiger partial charge on any atom is -0.437 e. The van der Waals surface area contributed by atoms with Gasteiger partial charge in [-0.05, 0) is 51.0 Å². The van der Waals surface area contributed by atoms with Crippen molar-refractivity contribution in [1.82, 2.24) is 20.0 Å². The molecule has 2 aromatic heterocycles. The van der Waals surface area contributed by atoms with E-state index < -0.39 is 0 Å². The van der Waals surface area contributed by atoms with Crippen molar-refractivity contribution in [2.45, 2.75) is 39.2 Å². The van der Waals surface area contributed by atoms with Gasteiger partial charge in [-0.1, -0.05) is 5.16 Å². The monoisotopic (exact) mass is 396 g/mol. The molecule has 0 N–H and O–H groups in total. The van der Waals surface area contributed by atoms with Gasteiger partial charge in [0.25, 0.3) is 0 Å². The summed E-state index contributed by atoms with van der Waals surface area (Å²) in [6.07, 6.45) is 5.10. The summed E-state index contributed by atoms with van der Waals surface area (Å²) in [4.78, 5) is 23.5. The van der Waals surface area contributed by atoms with Crippen LogP contribution in [0.3, 0.4) is 0 Å². The van der Waals surface area contributed by atoms with Crippen LogP contribution in [-0.2, 0) is 11.2 Å². The van der Waals surface area contributed by atoms with Gasteiger partial charge in [0.2, 0.25) is 11.8 Å². The number of likely N-dealkylation sites (tertiary alicyclic amines) is 1. The minimum atomic E-state index is -0.337. The molecule has 0 unspecified atom stereocenters. The molecule has 1 atom stereocenters. The Kier molecular flexibility index (Phi) is 5.24. The first-order valence-electron chi connectivity index (χ1n) is 9.48. The number of ether oxygens (including phenoxy) is 1. The average Bonchev–Trinajstić information content (AvgIpc) is 3.32. The van der Waals surface area contributed by atoms with E-state index in [0.29, 0.717) is 29.6 Å². The number of amides is 1. The second-order valence-electron chi connectivity index (χ2n) is 7.06. The third-order valence-electron chi connectivity index (χ3n) is 5.09. The first-order chi connectivity index (χ1) is 14.0. The van der Waals surface area contributed by atoms with Gasteiger partial charge in [-0.3, -0.25) is 9.78 Å². The molecule has 7 nitrogen and oxygen atoms in total. The predicted octanol–water partition coefficient (Wildman–Crippen LogP) is 3.92. The zero-order valence-electron chi connectivity index (χ0n) is 16.3. The molecular formula is C21H21FN4O3. The van der Waals surface area contributed by atoms with Gasteiger partial charge in [-0.15, -0.1) is 0 Å². The maximum absolute atomic E-state index is 13.1. The fourth-order valence-electron chi connectivity index (χ4n) is 3.58. The van der Waals surface area contributed by atoms with Crippen molar-refractivity contribution in [3.05, 3.63) is 65.2 Å². The van der Waals surface area contributed by atoms with Crippen LogP contribution in [-0.4, -0.2) is 32.5 Å². The van der Waals surface area contributed by atoms with Crippen molar-refractivity contribution in [2.24, 2.45) is 0 Å². The van der Waals surface area contributed by atoms with Gasteiger partial charge in [0.15, 0.2) is 0 Å². The lowest BCUT2D eigenvalue weighted by Gasteiger charge is -2.24. The highest BCUT2D eigenvalue weighted by atomic mass is 19.1. The summed E-state index contributed by atoms with van der Waals surface area (Å²) in [6, 6.07) is 5.53. The first kappa shape index (κ1) is 19.0. The van der Waals surface area contributed by atoms with Gasteiger partial charge >= 0.3 is 0 Å². The number of carbonyl (C=O) groups is 1. The van der Waals surface area contributed by atoms with E-state index in [-0.39, 0.29) is 24.2 Å². The molecule has 150 valence electrons. The third kappa shape index (κ3) is 4.11. The highest BCUT2D eigenvalue weighted by Gasteiger charge is 2.32. The number of benzene rings is 1. The molecule has 3 heterocycles. The molecule has 1 aliphatic heterocycles. The van der Waals surface area contributed by atoms with Crippen molar-refractivity contribution in [3.8, 4) is 11.6 Å². The Bertz CT molecular complexity index is 1000. The summed E-state index contributed by atoms with van der Waals surface area (Å²) >= 11 is 0. The van der Waals surface area contributed by atoms with Crippen LogP contribution in [0.4, 0.5) is 4.39 Å². The number of hydrogen-bond donors (Lipinski definition) is 0. The van der Waals surface area contributed by atoms with E-state index >= 15 is 0 Å². The van der Waals surface area contributed by atoms with Crippen LogP contribution >= 0.6 is 0 Å². The highest BCUT2D eigenvalue weighted by molar-refractivity contribution is 5.80. The molecule has 1 fully saturated rings. The van der Waals surface area contributed by atoms with Gasteiger partial charge in [0.1, 0.15) is 17.3 Å². The Hall–Kier alpha value is -3.29. The molecule has 1 aromatic carbocycles. The fourth-order valence-corrected chi connectivity index (χ4v) is 3.58. The van der Waals surface area contributed by atoms with Crippen molar-refractivity contribution in [2.75, 3.05) is 6.54 Å². The molecule has 29 heavy (non-hydrogen) atoms. The van der Waals surface area contributed by atoms with Gasteiger partial charge in [-0.2, -0.15) is 0 Å². The van der Waals surface area contributed by atoms with Crippen LogP contribution in [0.5, 0.6) is 11.6 Å². The van der Waals surface area contributed by atoms with Crippen LogP contribution < -0.4 is 4.74 Å². The maximum Gasteiger partial charge on any atom is 0.238 e. The Labute approximate surface area is 167 Å². The number of carbonyl (C=O) groups excluding carboxylic acids is 1. The number of halogens is 1. The Morgan fingerprint density at radius 1 is 1.28 bits per heavy atom. The first-order valence-corrected chi connectivity index (χ1v) is 9.48. The molecule has 1 amide bonds. The van der Waals surface area contributed by atoms with Crippen molar-refractivity contribution in [3.63, 3.8) is 0 Å². The zero-order chi connectivity index (χ0) is 20.4. The van der Waals surface area contributed by atoms with Gasteiger partial charge in [0.05, 0.1) is 36.2 Å². The fraction of sp³-hybridized carbons (Fsp3) is 0.333. The quantitative estimate of drug-likeness (QED) is 0.650. The average molecular weight is 396 g/mol. The molecule has 0 aliphatic carbocycles. The Morgan fingerprint density at radius 3 is 2.79 bits per heavy atom. The van der Waals surface area contributed by atoms with E-state index in [2.05, 4.69) is 15.1 Å². The van der Waals surface area contributed by atoms with E-state index in [4.69, 9.17) is 9.26 Å². The standard InChI is InChI=1S/C21H21FN4O3/c1-13-17(14(2)29-25-13)10-21(27)26-9-3-4-19(26)18-11-23-12-20(24-18)28-16-7-5-15(22)6-8-16/h5-8,11-12,19H,3-4,9-10H2,1-2H3/t19-/m0/s1. The van der Waals surface area contributed by atoms with Crippen LogP contribution in [0.15, 0.2) is 41.2 Å². The summed E-state index contributed by atoms with van der Waals surface area (Å²) < 4.78 is 23.9. The molecule has 0 saturated carbocycles. The molecule has 4 rings (SSSR count). The molecular weight excluding hydrogens is 375 g/mol. The number of rotatable bonds is 5. The minimum absolute atomic E-state index is 0.00792. The maximum atomic E-state index is 13.1. The zero-order valence-corrected chi connectivity index (χ0v) is 16.3. The molecule has 0 spiro atoms. The predicted molar refractivity (Wildman–Crippen MR) is 102 cm³/mol. The van der Waals surface area contributed by atoms with E-state index in [0.717, 1.165) is 24.1 Å². The molecule has 0 bridgehead atoms. The summed E-state index contributed by atoms with van der Waals surface area (Å²) in [5, 5.41) is 3.92. The van der Waals surface area contributed by atoms with Crippen LogP contribution in [0.2, 0.25) is 0 Å². The van der Waals surface area contributed by atoms with Gasteiger partial charge in [0, 0.05) is 12.1 Å². The third-order valence-corrected chi connectivity index (χ3v) is 5.09. The number of nitrogens with zero attached hydrogens (tertiary/aromatic N) is 4. The van der Waals surface area contributed by atoms with Gasteiger partial charge < -0.3 is 14.2 Å². The van der Waals surface area contributed by atoms with E-state index in [1.165, 1.54) is 30.5 Å². The summed E-state index contributed by atoms with van der Waals surface area (Å²) in [5.41, 5.74) is 2.25.